The third kappa shape index (κ3) is 3.03. The molecule has 0 radical (unpaired) electrons. The normalized spacial score (nSPS) is 13.9. The summed E-state index contributed by atoms with van der Waals surface area (Å²) in [7, 11) is 0. The van der Waals surface area contributed by atoms with Crippen LogP contribution in [0.15, 0.2) is 18.2 Å². The van der Waals surface area contributed by atoms with Gasteiger partial charge in [-0.25, -0.2) is 8.78 Å². The van der Waals surface area contributed by atoms with Gasteiger partial charge in [0.2, 0.25) is 0 Å². The molecule has 16 heavy (non-hydrogen) atoms. The Morgan fingerprint density at radius 1 is 1.25 bits per heavy atom. The highest BCUT2D eigenvalue weighted by molar-refractivity contribution is 9.09. The van der Waals surface area contributed by atoms with Crippen LogP contribution in [-0.4, -0.2) is 4.83 Å². The van der Waals surface area contributed by atoms with Crippen molar-refractivity contribution in [3.05, 3.63) is 35.4 Å². The van der Waals surface area contributed by atoms with E-state index < -0.39 is 11.6 Å². The third-order valence-corrected chi connectivity index (χ3v) is 4.77. The largest absolute Gasteiger partial charge is 0.207 e. The molecule has 0 aromatic heterocycles. The lowest BCUT2D eigenvalue weighted by atomic mass is 9.83. The first-order chi connectivity index (χ1) is 7.38. The molecule has 0 saturated carbocycles. The molecule has 0 aliphatic carbocycles. The van der Waals surface area contributed by atoms with Crippen LogP contribution in [0.5, 0.6) is 0 Å². The van der Waals surface area contributed by atoms with Gasteiger partial charge in [0.05, 0.1) is 0 Å². The zero-order valence-corrected chi connectivity index (χ0v) is 11.4. The minimum absolute atomic E-state index is 0.0225. The highest BCUT2D eigenvalue weighted by Crippen LogP contribution is 2.33. The first kappa shape index (κ1) is 13.6. The van der Waals surface area contributed by atoms with E-state index in [0.29, 0.717) is 6.42 Å². The van der Waals surface area contributed by atoms with Crippen LogP contribution in [0.1, 0.15) is 32.8 Å². The summed E-state index contributed by atoms with van der Waals surface area (Å²) >= 11 is 3.53. The minimum atomic E-state index is -0.462. The quantitative estimate of drug-likeness (QED) is 0.705. The second-order valence-electron chi connectivity index (χ2n) is 4.71. The van der Waals surface area contributed by atoms with Gasteiger partial charge in [0.15, 0.2) is 0 Å². The molecule has 3 heteroatoms. The Labute approximate surface area is 104 Å². The molecule has 0 saturated heterocycles. The van der Waals surface area contributed by atoms with E-state index in [4.69, 9.17) is 0 Å². The van der Waals surface area contributed by atoms with Gasteiger partial charge >= 0.3 is 0 Å². The molecule has 1 aromatic rings. The third-order valence-electron chi connectivity index (χ3n) is 3.20. The van der Waals surface area contributed by atoms with E-state index in [0.717, 1.165) is 6.42 Å². The molecule has 0 aliphatic heterocycles. The van der Waals surface area contributed by atoms with E-state index >= 15 is 0 Å². The Morgan fingerprint density at radius 3 is 2.19 bits per heavy atom. The summed E-state index contributed by atoms with van der Waals surface area (Å²) in [5, 5.41) is 0. The lowest BCUT2D eigenvalue weighted by molar-refractivity contribution is 0.336. The summed E-state index contributed by atoms with van der Waals surface area (Å²) in [6, 6.07) is 4.00. The van der Waals surface area contributed by atoms with Crippen LogP contribution in [0, 0.1) is 17.0 Å². The molecular formula is C13H17BrF2. The summed E-state index contributed by atoms with van der Waals surface area (Å²) < 4.78 is 26.9. The van der Waals surface area contributed by atoms with Crippen molar-refractivity contribution in [2.75, 3.05) is 0 Å². The molecule has 0 aliphatic rings. The lowest BCUT2D eigenvalue weighted by Crippen LogP contribution is -2.26. The van der Waals surface area contributed by atoms with Crippen LogP contribution in [0.2, 0.25) is 0 Å². The van der Waals surface area contributed by atoms with Crippen molar-refractivity contribution < 1.29 is 8.78 Å². The molecule has 1 atom stereocenters. The van der Waals surface area contributed by atoms with Crippen molar-refractivity contribution in [1.29, 1.82) is 0 Å². The van der Waals surface area contributed by atoms with E-state index in [-0.39, 0.29) is 15.8 Å². The average molecular weight is 291 g/mol. The van der Waals surface area contributed by atoms with Crippen LogP contribution >= 0.6 is 15.9 Å². The molecule has 0 amide bonds. The Hall–Kier alpha value is -0.440. The van der Waals surface area contributed by atoms with Crippen molar-refractivity contribution in [1.82, 2.24) is 0 Å². The van der Waals surface area contributed by atoms with E-state index in [2.05, 4.69) is 36.7 Å². The van der Waals surface area contributed by atoms with Gasteiger partial charge in [-0.1, -0.05) is 42.8 Å². The van der Waals surface area contributed by atoms with Crippen molar-refractivity contribution in [2.45, 2.75) is 38.4 Å². The van der Waals surface area contributed by atoms with Crippen LogP contribution in [0.4, 0.5) is 8.78 Å². The molecule has 0 fully saturated rings. The SMILES string of the molecule is CCC(C)(C)C(Br)Cc1c(F)cccc1F. The van der Waals surface area contributed by atoms with Gasteiger partial charge in [0.1, 0.15) is 11.6 Å². The van der Waals surface area contributed by atoms with Gasteiger partial charge in [-0.2, -0.15) is 0 Å². The molecular weight excluding hydrogens is 274 g/mol. The Balaban J connectivity index is 2.89. The Kier molecular flexibility index (Phi) is 4.48. The average Bonchev–Trinajstić information content (AvgIpc) is 2.23. The summed E-state index contributed by atoms with van der Waals surface area (Å²) in [6.45, 7) is 6.25. The van der Waals surface area contributed by atoms with Gasteiger partial charge in [0, 0.05) is 10.4 Å². The molecule has 0 nitrogen and oxygen atoms in total. The second-order valence-corrected chi connectivity index (χ2v) is 5.82. The fraction of sp³-hybridized carbons (Fsp3) is 0.538. The number of halogens is 3. The summed E-state index contributed by atoms with van der Waals surface area (Å²) in [5.74, 6) is -0.923. The number of benzene rings is 1. The van der Waals surface area contributed by atoms with Crippen LogP contribution < -0.4 is 0 Å². The lowest BCUT2D eigenvalue weighted by Gasteiger charge is -2.29. The maximum Gasteiger partial charge on any atom is 0.129 e. The maximum atomic E-state index is 13.4. The Morgan fingerprint density at radius 2 is 1.75 bits per heavy atom. The van der Waals surface area contributed by atoms with Crippen LogP contribution in [0.25, 0.3) is 0 Å². The monoisotopic (exact) mass is 290 g/mol. The van der Waals surface area contributed by atoms with E-state index in [1.165, 1.54) is 18.2 Å². The van der Waals surface area contributed by atoms with Gasteiger partial charge < -0.3 is 0 Å². The molecule has 0 bridgehead atoms. The highest BCUT2D eigenvalue weighted by Gasteiger charge is 2.27. The zero-order valence-electron chi connectivity index (χ0n) is 9.86. The smallest absolute Gasteiger partial charge is 0.129 e. The minimum Gasteiger partial charge on any atom is -0.207 e. The fourth-order valence-corrected chi connectivity index (χ4v) is 2.05. The number of hydrogen-bond acceptors (Lipinski definition) is 0. The number of alkyl halides is 1. The van der Waals surface area contributed by atoms with Gasteiger partial charge in [-0.05, 0) is 30.4 Å². The Bertz CT molecular complexity index is 341. The molecule has 90 valence electrons. The van der Waals surface area contributed by atoms with Crippen molar-refractivity contribution in [3.63, 3.8) is 0 Å². The predicted octanol–water partition coefficient (Wildman–Crippen LogP) is 4.71. The highest BCUT2D eigenvalue weighted by atomic mass is 79.9. The predicted molar refractivity (Wildman–Crippen MR) is 66.8 cm³/mol. The fourth-order valence-electron chi connectivity index (χ4n) is 1.40. The van der Waals surface area contributed by atoms with Crippen molar-refractivity contribution in [3.8, 4) is 0 Å². The van der Waals surface area contributed by atoms with Crippen LogP contribution in [-0.2, 0) is 6.42 Å². The van der Waals surface area contributed by atoms with Gasteiger partial charge in [-0.3, -0.25) is 0 Å². The summed E-state index contributed by atoms with van der Waals surface area (Å²) in [6.07, 6.45) is 1.33. The first-order valence-corrected chi connectivity index (χ1v) is 6.37. The zero-order chi connectivity index (χ0) is 12.3. The van der Waals surface area contributed by atoms with Crippen LogP contribution in [0.3, 0.4) is 0 Å². The summed E-state index contributed by atoms with van der Waals surface area (Å²) in [4.78, 5) is 0.0661. The molecule has 0 heterocycles. The van der Waals surface area contributed by atoms with Crippen molar-refractivity contribution in [2.24, 2.45) is 5.41 Å². The molecule has 0 spiro atoms. The number of rotatable bonds is 4. The topological polar surface area (TPSA) is 0 Å². The molecule has 1 aromatic carbocycles. The first-order valence-electron chi connectivity index (χ1n) is 5.45. The molecule has 1 unspecified atom stereocenters. The van der Waals surface area contributed by atoms with Gasteiger partial charge in [-0.15, -0.1) is 0 Å². The van der Waals surface area contributed by atoms with E-state index in [9.17, 15) is 8.78 Å². The summed E-state index contributed by atoms with van der Waals surface area (Å²) in [5.41, 5.74) is 0.195. The molecule has 1 rings (SSSR count). The van der Waals surface area contributed by atoms with E-state index in [1.807, 2.05) is 0 Å². The maximum absolute atomic E-state index is 13.4. The standard InChI is InChI=1S/C13H17BrF2/c1-4-13(2,3)12(14)8-9-10(15)6-5-7-11(9)16/h5-7,12H,4,8H2,1-3H3. The van der Waals surface area contributed by atoms with Crippen molar-refractivity contribution >= 4 is 15.9 Å². The van der Waals surface area contributed by atoms with E-state index in [1.54, 1.807) is 0 Å². The second kappa shape index (κ2) is 5.26. The molecule has 0 N–H and O–H groups in total. The van der Waals surface area contributed by atoms with Gasteiger partial charge in [0.25, 0.3) is 0 Å². The number of hydrogen-bond donors (Lipinski definition) is 0.